The quantitative estimate of drug-likeness (QED) is 0.621. The molecule has 0 aromatic heterocycles. The SMILES string of the molecule is CC(Cc1ccccc1OCc1ccccc1)[C@@H](N)[C@H](O)c1ccccc1. The Labute approximate surface area is 161 Å². The third kappa shape index (κ3) is 5.19. The van der Waals surface area contributed by atoms with E-state index in [4.69, 9.17) is 10.5 Å². The summed E-state index contributed by atoms with van der Waals surface area (Å²) in [5.41, 5.74) is 9.46. The zero-order valence-corrected chi connectivity index (χ0v) is 15.7. The van der Waals surface area contributed by atoms with Gasteiger partial charge in [0.2, 0.25) is 0 Å². The molecular weight excluding hydrogens is 334 g/mol. The predicted octanol–water partition coefficient (Wildman–Crippen LogP) is 4.51. The molecule has 0 fully saturated rings. The standard InChI is InChI=1S/C24H27NO2/c1-18(23(25)24(26)20-12-6-3-7-13-20)16-21-14-8-9-15-22(21)27-17-19-10-4-2-5-11-19/h2-15,18,23-24,26H,16-17,25H2,1H3/t18?,23-,24-/m1/s1. The van der Waals surface area contributed by atoms with Crippen LogP contribution in [0.4, 0.5) is 0 Å². The lowest BCUT2D eigenvalue weighted by Crippen LogP contribution is -2.36. The Morgan fingerprint density at radius 3 is 2.15 bits per heavy atom. The normalized spacial score (nSPS) is 14.3. The molecule has 3 aromatic rings. The molecule has 0 aliphatic carbocycles. The van der Waals surface area contributed by atoms with Crippen LogP contribution in [0.15, 0.2) is 84.9 Å². The van der Waals surface area contributed by atoms with Crippen LogP contribution in [0.1, 0.15) is 29.7 Å². The van der Waals surface area contributed by atoms with Gasteiger partial charge in [0, 0.05) is 6.04 Å². The second-order valence-electron chi connectivity index (χ2n) is 7.00. The van der Waals surface area contributed by atoms with E-state index in [1.807, 2.05) is 66.7 Å². The number of benzene rings is 3. The van der Waals surface area contributed by atoms with Crippen LogP contribution in [0.5, 0.6) is 5.75 Å². The number of hydrogen-bond acceptors (Lipinski definition) is 3. The molecule has 3 heteroatoms. The van der Waals surface area contributed by atoms with E-state index in [0.29, 0.717) is 6.61 Å². The molecule has 3 nitrogen and oxygen atoms in total. The number of rotatable bonds is 8. The van der Waals surface area contributed by atoms with E-state index in [1.165, 1.54) is 0 Å². The number of ether oxygens (including phenoxy) is 1. The summed E-state index contributed by atoms with van der Waals surface area (Å²) in [7, 11) is 0. The third-order valence-electron chi connectivity index (χ3n) is 4.91. The minimum atomic E-state index is -0.682. The average Bonchev–Trinajstić information content (AvgIpc) is 2.73. The van der Waals surface area contributed by atoms with Gasteiger partial charge in [0.1, 0.15) is 12.4 Å². The van der Waals surface area contributed by atoms with Crippen LogP contribution in [-0.2, 0) is 13.0 Å². The van der Waals surface area contributed by atoms with Crippen molar-refractivity contribution in [3.63, 3.8) is 0 Å². The summed E-state index contributed by atoms with van der Waals surface area (Å²) >= 11 is 0. The maximum absolute atomic E-state index is 10.6. The van der Waals surface area contributed by atoms with E-state index < -0.39 is 6.10 Å². The minimum absolute atomic E-state index is 0.0988. The third-order valence-corrected chi connectivity index (χ3v) is 4.91. The molecule has 140 valence electrons. The first-order valence-corrected chi connectivity index (χ1v) is 9.38. The molecule has 3 atom stereocenters. The maximum Gasteiger partial charge on any atom is 0.123 e. The Balaban J connectivity index is 1.66. The number of aliphatic hydroxyl groups is 1. The van der Waals surface area contributed by atoms with Crippen molar-refractivity contribution in [3.8, 4) is 5.75 Å². The van der Waals surface area contributed by atoms with Gasteiger partial charge in [-0.3, -0.25) is 0 Å². The second-order valence-corrected chi connectivity index (χ2v) is 7.00. The molecule has 3 rings (SSSR count). The van der Waals surface area contributed by atoms with E-state index in [0.717, 1.165) is 28.9 Å². The van der Waals surface area contributed by atoms with Gasteiger partial charge < -0.3 is 15.6 Å². The van der Waals surface area contributed by atoms with E-state index in [2.05, 4.69) is 25.1 Å². The topological polar surface area (TPSA) is 55.5 Å². The Hall–Kier alpha value is -2.62. The van der Waals surface area contributed by atoms with Gasteiger partial charge >= 0.3 is 0 Å². The van der Waals surface area contributed by atoms with E-state index in [1.54, 1.807) is 0 Å². The van der Waals surface area contributed by atoms with Gasteiger partial charge in [-0.05, 0) is 35.1 Å². The highest BCUT2D eigenvalue weighted by molar-refractivity contribution is 5.34. The van der Waals surface area contributed by atoms with E-state index in [-0.39, 0.29) is 12.0 Å². The van der Waals surface area contributed by atoms with Gasteiger partial charge in [-0.1, -0.05) is 85.8 Å². The van der Waals surface area contributed by atoms with Gasteiger partial charge in [-0.25, -0.2) is 0 Å². The maximum atomic E-state index is 10.6. The lowest BCUT2D eigenvalue weighted by Gasteiger charge is -2.26. The fraction of sp³-hybridized carbons (Fsp3) is 0.250. The fourth-order valence-electron chi connectivity index (χ4n) is 3.22. The van der Waals surface area contributed by atoms with Crippen LogP contribution in [0, 0.1) is 5.92 Å². The number of hydrogen-bond donors (Lipinski definition) is 2. The zero-order valence-electron chi connectivity index (χ0n) is 15.7. The van der Waals surface area contributed by atoms with Crippen LogP contribution >= 0.6 is 0 Å². The highest BCUT2D eigenvalue weighted by Crippen LogP contribution is 2.27. The first-order valence-electron chi connectivity index (χ1n) is 9.38. The second kappa shape index (κ2) is 9.36. The highest BCUT2D eigenvalue weighted by Gasteiger charge is 2.23. The summed E-state index contributed by atoms with van der Waals surface area (Å²) in [6.07, 6.45) is 0.0642. The smallest absolute Gasteiger partial charge is 0.123 e. The zero-order chi connectivity index (χ0) is 19.1. The van der Waals surface area contributed by atoms with Crippen molar-refractivity contribution in [2.24, 2.45) is 11.7 Å². The van der Waals surface area contributed by atoms with Crippen molar-refractivity contribution in [2.45, 2.75) is 32.1 Å². The first-order chi connectivity index (χ1) is 13.1. The minimum Gasteiger partial charge on any atom is -0.489 e. The number of aliphatic hydroxyl groups excluding tert-OH is 1. The van der Waals surface area contributed by atoms with Crippen molar-refractivity contribution in [1.29, 1.82) is 0 Å². The molecule has 27 heavy (non-hydrogen) atoms. The Kier molecular flexibility index (Phi) is 6.64. The predicted molar refractivity (Wildman–Crippen MR) is 109 cm³/mol. The molecule has 3 aromatic carbocycles. The molecule has 0 radical (unpaired) electrons. The average molecular weight is 361 g/mol. The lowest BCUT2D eigenvalue weighted by atomic mass is 9.88. The number of para-hydroxylation sites is 1. The molecule has 0 saturated carbocycles. The van der Waals surface area contributed by atoms with Gasteiger partial charge in [0.15, 0.2) is 0 Å². The number of nitrogens with two attached hydrogens (primary N) is 1. The van der Waals surface area contributed by atoms with Crippen molar-refractivity contribution in [2.75, 3.05) is 0 Å². The van der Waals surface area contributed by atoms with Crippen LogP contribution in [0.25, 0.3) is 0 Å². The lowest BCUT2D eigenvalue weighted by molar-refractivity contribution is 0.121. The molecule has 0 bridgehead atoms. The molecule has 0 saturated heterocycles. The monoisotopic (exact) mass is 361 g/mol. The summed E-state index contributed by atoms with van der Waals surface area (Å²) in [6.45, 7) is 2.61. The van der Waals surface area contributed by atoms with Crippen LogP contribution in [0.2, 0.25) is 0 Å². The van der Waals surface area contributed by atoms with Crippen LogP contribution < -0.4 is 10.5 Å². The van der Waals surface area contributed by atoms with E-state index >= 15 is 0 Å². The summed E-state index contributed by atoms with van der Waals surface area (Å²) in [5.74, 6) is 0.969. The summed E-state index contributed by atoms with van der Waals surface area (Å²) in [6, 6.07) is 27.4. The summed E-state index contributed by atoms with van der Waals surface area (Å²) in [5, 5.41) is 10.6. The Morgan fingerprint density at radius 1 is 0.852 bits per heavy atom. The fourth-order valence-corrected chi connectivity index (χ4v) is 3.22. The molecule has 0 aliphatic heterocycles. The highest BCUT2D eigenvalue weighted by atomic mass is 16.5. The van der Waals surface area contributed by atoms with Gasteiger partial charge in [0.05, 0.1) is 6.10 Å². The molecule has 0 heterocycles. The molecule has 0 amide bonds. The van der Waals surface area contributed by atoms with Crippen LogP contribution in [-0.4, -0.2) is 11.1 Å². The van der Waals surface area contributed by atoms with Crippen molar-refractivity contribution >= 4 is 0 Å². The molecular formula is C24H27NO2. The van der Waals surface area contributed by atoms with Crippen molar-refractivity contribution in [3.05, 3.63) is 102 Å². The Bertz CT molecular complexity index is 820. The summed E-state index contributed by atoms with van der Waals surface area (Å²) < 4.78 is 6.05. The van der Waals surface area contributed by atoms with Gasteiger partial charge in [-0.15, -0.1) is 0 Å². The first kappa shape index (κ1) is 19.2. The van der Waals surface area contributed by atoms with Crippen molar-refractivity contribution in [1.82, 2.24) is 0 Å². The van der Waals surface area contributed by atoms with Crippen molar-refractivity contribution < 1.29 is 9.84 Å². The van der Waals surface area contributed by atoms with Gasteiger partial charge in [0.25, 0.3) is 0 Å². The van der Waals surface area contributed by atoms with Crippen LogP contribution in [0.3, 0.4) is 0 Å². The molecule has 1 unspecified atom stereocenters. The molecule has 0 spiro atoms. The molecule has 3 N–H and O–H groups in total. The van der Waals surface area contributed by atoms with E-state index in [9.17, 15) is 5.11 Å². The largest absolute Gasteiger partial charge is 0.489 e. The Morgan fingerprint density at radius 2 is 1.44 bits per heavy atom. The van der Waals surface area contributed by atoms with Gasteiger partial charge in [-0.2, -0.15) is 0 Å². The summed E-state index contributed by atoms with van der Waals surface area (Å²) in [4.78, 5) is 0. The molecule has 0 aliphatic rings.